The maximum Gasteiger partial charge on any atom is 0.182 e. The summed E-state index contributed by atoms with van der Waals surface area (Å²) in [4.78, 5) is 0. The molecular formula is C15H12F3NO. The second-order valence-electron chi connectivity index (χ2n) is 4.68. The number of ether oxygens (including phenoxy) is 1. The number of rotatable bonds is 3. The first-order chi connectivity index (χ1) is 9.65. The predicted molar refractivity (Wildman–Crippen MR) is 69.5 cm³/mol. The summed E-state index contributed by atoms with van der Waals surface area (Å²) in [7, 11) is 0. The molecule has 1 N–H and O–H groups in total. The van der Waals surface area contributed by atoms with Crippen LogP contribution in [0.5, 0.6) is 5.75 Å². The van der Waals surface area contributed by atoms with Crippen LogP contribution < -0.4 is 10.1 Å². The molecule has 1 aliphatic heterocycles. The molecule has 1 aliphatic rings. The molecule has 5 heteroatoms. The topological polar surface area (TPSA) is 21.3 Å². The Morgan fingerprint density at radius 1 is 1.15 bits per heavy atom. The van der Waals surface area contributed by atoms with E-state index in [0.717, 1.165) is 17.4 Å². The monoisotopic (exact) mass is 279 g/mol. The van der Waals surface area contributed by atoms with Crippen molar-refractivity contribution < 1.29 is 17.9 Å². The summed E-state index contributed by atoms with van der Waals surface area (Å²) >= 11 is 0. The lowest BCUT2D eigenvalue weighted by Crippen LogP contribution is -2.15. The normalized spacial score (nSPS) is 16.6. The summed E-state index contributed by atoms with van der Waals surface area (Å²) in [5, 5.41) is 2.74. The number of benzene rings is 2. The van der Waals surface area contributed by atoms with Gasteiger partial charge in [0.25, 0.3) is 0 Å². The van der Waals surface area contributed by atoms with Crippen molar-refractivity contribution in [2.45, 2.75) is 5.92 Å². The van der Waals surface area contributed by atoms with Crippen LogP contribution >= 0.6 is 0 Å². The van der Waals surface area contributed by atoms with E-state index in [1.165, 1.54) is 0 Å². The minimum atomic E-state index is -1.20. The van der Waals surface area contributed by atoms with E-state index in [-0.39, 0.29) is 11.6 Å². The molecule has 0 fully saturated rings. The van der Waals surface area contributed by atoms with Crippen molar-refractivity contribution in [3.05, 3.63) is 59.4 Å². The van der Waals surface area contributed by atoms with Crippen LogP contribution in [0.2, 0.25) is 0 Å². The maximum absolute atomic E-state index is 13.5. The van der Waals surface area contributed by atoms with E-state index in [2.05, 4.69) is 5.32 Å². The van der Waals surface area contributed by atoms with E-state index in [4.69, 9.17) is 4.74 Å². The van der Waals surface area contributed by atoms with Crippen molar-refractivity contribution in [1.82, 2.24) is 0 Å². The number of para-hydroxylation sites is 1. The highest BCUT2D eigenvalue weighted by Crippen LogP contribution is 2.33. The third-order valence-corrected chi connectivity index (χ3v) is 3.33. The second kappa shape index (κ2) is 5.07. The number of hydrogen-bond donors (Lipinski definition) is 1. The first-order valence-electron chi connectivity index (χ1n) is 6.25. The summed E-state index contributed by atoms with van der Waals surface area (Å²) in [5.74, 6) is -2.26. The van der Waals surface area contributed by atoms with Crippen molar-refractivity contribution >= 4 is 5.69 Å². The maximum atomic E-state index is 13.5. The van der Waals surface area contributed by atoms with Gasteiger partial charge in [-0.15, -0.1) is 0 Å². The molecule has 0 aliphatic carbocycles. The summed E-state index contributed by atoms with van der Waals surface area (Å²) in [6, 6.07) is 9.02. The Bertz CT molecular complexity index is 645. The Morgan fingerprint density at radius 3 is 2.80 bits per heavy atom. The lowest BCUT2D eigenvalue weighted by Gasteiger charge is -2.12. The van der Waals surface area contributed by atoms with Gasteiger partial charge in [-0.2, -0.15) is 0 Å². The Labute approximate surface area is 114 Å². The molecule has 1 unspecified atom stereocenters. The first-order valence-corrected chi connectivity index (χ1v) is 6.25. The second-order valence-corrected chi connectivity index (χ2v) is 4.68. The van der Waals surface area contributed by atoms with Gasteiger partial charge in [-0.1, -0.05) is 18.2 Å². The molecule has 2 nitrogen and oxygen atoms in total. The molecule has 1 atom stereocenters. The number of anilines is 1. The quantitative estimate of drug-likeness (QED) is 0.865. The van der Waals surface area contributed by atoms with E-state index >= 15 is 0 Å². The highest BCUT2D eigenvalue weighted by Gasteiger charge is 2.23. The van der Waals surface area contributed by atoms with Crippen LogP contribution in [0, 0.1) is 17.5 Å². The van der Waals surface area contributed by atoms with Crippen molar-refractivity contribution in [3.63, 3.8) is 0 Å². The smallest absolute Gasteiger partial charge is 0.182 e. The van der Waals surface area contributed by atoms with Gasteiger partial charge < -0.3 is 10.1 Å². The van der Waals surface area contributed by atoms with Crippen LogP contribution in [-0.2, 0) is 0 Å². The lowest BCUT2D eigenvalue weighted by molar-refractivity contribution is 0.334. The molecule has 3 rings (SSSR count). The van der Waals surface area contributed by atoms with Gasteiger partial charge in [0, 0.05) is 30.2 Å². The largest absolute Gasteiger partial charge is 0.493 e. The summed E-state index contributed by atoms with van der Waals surface area (Å²) in [6.07, 6.45) is 0. The Hall–Kier alpha value is -2.17. The summed E-state index contributed by atoms with van der Waals surface area (Å²) < 4.78 is 45.2. The highest BCUT2D eigenvalue weighted by molar-refractivity contribution is 5.47. The molecule has 0 spiro atoms. The van der Waals surface area contributed by atoms with Gasteiger partial charge in [-0.05, 0) is 6.07 Å². The van der Waals surface area contributed by atoms with Crippen molar-refractivity contribution in [2.24, 2.45) is 0 Å². The van der Waals surface area contributed by atoms with E-state index < -0.39 is 17.5 Å². The minimum Gasteiger partial charge on any atom is -0.493 e. The van der Waals surface area contributed by atoms with Crippen molar-refractivity contribution in [2.75, 3.05) is 18.5 Å². The van der Waals surface area contributed by atoms with Gasteiger partial charge in [0.2, 0.25) is 0 Å². The highest BCUT2D eigenvalue weighted by atomic mass is 19.2. The Balaban J connectivity index is 1.75. The number of hydrogen-bond acceptors (Lipinski definition) is 2. The Morgan fingerprint density at radius 2 is 1.95 bits per heavy atom. The molecule has 0 saturated carbocycles. The number of fused-ring (bicyclic) bond motifs is 1. The molecule has 0 amide bonds. The lowest BCUT2D eigenvalue weighted by atomic mass is 10.0. The van der Waals surface area contributed by atoms with Crippen LogP contribution in [0.4, 0.5) is 18.9 Å². The van der Waals surface area contributed by atoms with Gasteiger partial charge in [-0.25, -0.2) is 13.2 Å². The van der Waals surface area contributed by atoms with Gasteiger partial charge in [-0.3, -0.25) is 0 Å². The fraction of sp³-hybridized carbons (Fsp3) is 0.200. The number of halogens is 3. The third-order valence-electron chi connectivity index (χ3n) is 3.33. The van der Waals surface area contributed by atoms with Gasteiger partial charge in [0.1, 0.15) is 11.6 Å². The zero-order chi connectivity index (χ0) is 14.1. The molecule has 0 bridgehead atoms. The summed E-state index contributed by atoms with van der Waals surface area (Å²) in [5.41, 5.74) is 0.837. The fourth-order valence-electron chi connectivity index (χ4n) is 2.32. The molecule has 2 aromatic rings. The summed E-state index contributed by atoms with van der Waals surface area (Å²) in [6.45, 7) is 0.808. The van der Waals surface area contributed by atoms with Gasteiger partial charge >= 0.3 is 0 Å². The van der Waals surface area contributed by atoms with Crippen LogP contribution in [0.1, 0.15) is 11.5 Å². The van der Waals surface area contributed by atoms with Crippen LogP contribution in [0.25, 0.3) is 0 Å². The van der Waals surface area contributed by atoms with Gasteiger partial charge in [0.05, 0.1) is 12.3 Å². The molecule has 0 saturated heterocycles. The zero-order valence-corrected chi connectivity index (χ0v) is 10.5. The fourth-order valence-corrected chi connectivity index (χ4v) is 2.32. The van der Waals surface area contributed by atoms with E-state index in [9.17, 15) is 13.2 Å². The Kier molecular flexibility index (Phi) is 3.26. The minimum absolute atomic E-state index is 0.0249. The average molecular weight is 279 g/mol. The predicted octanol–water partition coefficient (Wildman–Crippen LogP) is 3.69. The van der Waals surface area contributed by atoms with Crippen LogP contribution in [-0.4, -0.2) is 13.2 Å². The van der Waals surface area contributed by atoms with Crippen molar-refractivity contribution in [1.29, 1.82) is 0 Å². The molecule has 1 heterocycles. The van der Waals surface area contributed by atoms with E-state index in [0.29, 0.717) is 19.2 Å². The van der Waals surface area contributed by atoms with Crippen LogP contribution in [0.3, 0.4) is 0 Å². The van der Waals surface area contributed by atoms with Crippen LogP contribution in [0.15, 0.2) is 36.4 Å². The molecule has 104 valence electrons. The molecule has 2 aromatic carbocycles. The van der Waals surface area contributed by atoms with Gasteiger partial charge in [0.15, 0.2) is 11.6 Å². The van der Waals surface area contributed by atoms with E-state index in [1.54, 1.807) is 0 Å². The zero-order valence-electron chi connectivity index (χ0n) is 10.5. The first kappa shape index (κ1) is 12.8. The molecular weight excluding hydrogens is 267 g/mol. The average Bonchev–Trinajstić information content (AvgIpc) is 2.84. The number of nitrogens with one attached hydrogen (secondary N) is 1. The molecule has 0 aromatic heterocycles. The van der Waals surface area contributed by atoms with E-state index in [1.807, 2.05) is 24.3 Å². The molecule has 20 heavy (non-hydrogen) atoms. The van der Waals surface area contributed by atoms with Crippen molar-refractivity contribution in [3.8, 4) is 5.75 Å². The molecule has 0 radical (unpaired) electrons. The SMILES string of the molecule is Fc1cc(F)c(F)c(NCC2COc3ccccc32)c1. The standard InChI is InChI=1S/C15H12F3NO/c16-10-5-12(17)15(18)13(6-10)19-7-9-8-20-14-4-2-1-3-11(9)14/h1-6,9,19H,7-8H2. The third kappa shape index (κ3) is 2.31.